The molecule has 3 unspecified atom stereocenters. The molecule has 5 nitrogen and oxygen atoms in total. The summed E-state index contributed by atoms with van der Waals surface area (Å²) in [6.45, 7) is 4.89. The van der Waals surface area contributed by atoms with Crippen LogP contribution in [-0.4, -0.2) is 53.8 Å². The van der Waals surface area contributed by atoms with Crippen molar-refractivity contribution in [2.75, 3.05) is 26.2 Å². The summed E-state index contributed by atoms with van der Waals surface area (Å²) < 4.78 is 0. The highest BCUT2D eigenvalue weighted by molar-refractivity contribution is 5.94. The third-order valence-electron chi connectivity index (χ3n) is 5.59. The van der Waals surface area contributed by atoms with Crippen LogP contribution in [0.15, 0.2) is 30.3 Å². The number of nitrogens with zero attached hydrogens (tertiary/aromatic N) is 2. The number of nitrogens with two attached hydrogens (primary N) is 1. The number of hydrogen-bond acceptors (Lipinski definition) is 3. The molecule has 2 saturated heterocycles. The number of amides is 2. The Morgan fingerprint density at radius 3 is 2.44 bits per heavy atom. The first-order valence-corrected chi connectivity index (χ1v) is 9.45. The molecular weight excluding hydrogens is 314 g/mol. The molecule has 3 atom stereocenters. The average Bonchev–Trinajstić information content (AvgIpc) is 2.67. The highest BCUT2D eigenvalue weighted by Gasteiger charge is 2.34. The van der Waals surface area contributed by atoms with Crippen LogP contribution in [0.4, 0.5) is 0 Å². The lowest BCUT2D eigenvalue weighted by atomic mass is 9.90. The molecule has 5 heteroatoms. The molecule has 2 amide bonds. The fourth-order valence-corrected chi connectivity index (χ4v) is 4.02. The largest absolute Gasteiger partial charge is 0.342 e. The molecule has 2 N–H and O–H groups in total. The molecule has 0 spiro atoms. The summed E-state index contributed by atoms with van der Waals surface area (Å²) in [6.07, 6.45) is 3.89. The minimum atomic E-state index is -0.0757. The Morgan fingerprint density at radius 2 is 1.72 bits per heavy atom. The molecule has 2 aliphatic rings. The van der Waals surface area contributed by atoms with Gasteiger partial charge in [-0.25, -0.2) is 0 Å². The van der Waals surface area contributed by atoms with Gasteiger partial charge in [0.05, 0.1) is 5.92 Å². The summed E-state index contributed by atoms with van der Waals surface area (Å²) in [6, 6.07) is 9.46. The maximum atomic E-state index is 13.0. The van der Waals surface area contributed by atoms with Gasteiger partial charge in [-0.1, -0.05) is 18.2 Å². The fourth-order valence-electron chi connectivity index (χ4n) is 4.02. The van der Waals surface area contributed by atoms with Crippen molar-refractivity contribution in [2.24, 2.45) is 17.6 Å². The van der Waals surface area contributed by atoms with Gasteiger partial charge in [0.1, 0.15) is 0 Å². The summed E-state index contributed by atoms with van der Waals surface area (Å²) >= 11 is 0. The molecule has 136 valence electrons. The Labute approximate surface area is 150 Å². The van der Waals surface area contributed by atoms with E-state index in [-0.39, 0.29) is 23.8 Å². The van der Waals surface area contributed by atoms with Gasteiger partial charge in [-0.2, -0.15) is 0 Å². The highest BCUT2D eigenvalue weighted by Crippen LogP contribution is 2.25. The first-order chi connectivity index (χ1) is 12.1. The third-order valence-corrected chi connectivity index (χ3v) is 5.59. The topological polar surface area (TPSA) is 66.6 Å². The fraction of sp³-hybridized carbons (Fsp3) is 0.600. The zero-order valence-electron chi connectivity index (χ0n) is 15.1. The van der Waals surface area contributed by atoms with Crippen LogP contribution in [0.3, 0.4) is 0 Å². The van der Waals surface area contributed by atoms with Crippen molar-refractivity contribution in [1.82, 2.24) is 9.80 Å². The van der Waals surface area contributed by atoms with E-state index in [9.17, 15) is 9.59 Å². The molecule has 1 aromatic carbocycles. The van der Waals surface area contributed by atoms with E-state index in [2.05, 4.69) is 0 Å². The van der Waals surface area contributed by atoms with E-state index in [1.807, 2.05) is 47.1 Å². The quantitative estimate of drug-likeness (QED) is 0.914. The van der Waals surface area contributed by atoms with Gasteiger partial charge in [0.15, 0.2) is 0 Å². The third kappa shape index (κ3) is 4.21. The summed E-state index contributed by atoms with van der Waals surface area (Å²) in [5, 5.41) is 0. The first-order valence-electron chi connectivity index (χ1n) is 9.45. The molecule has 0 aliphatic carbocycles. The predicted molar refractivity (Wildman–Crippen MR) is 98.0 cm³/mol. The van der Waals surface area contributed by atoms with E-state index in [4.69, 9.17) is 5.73 Å². The number of carbonyl (C=O) groups excluding carboxylic acids is 2. The van der Waals surface area contributed by atoms with Crippen LogP contribution in [0.2, 0.25) is 0 Å². The second-order valence-corrected chi connectivity index (χ2v) is 7.50. The van der Waals surface area contributed by atoms with Crippen molar-refractivity contribution in [3.05, 3.63) is 35.9 Å². The molecule has 2 heterocycles. The van der Waals surface area contributed by atoms with Gasteiger partial charge in [0.2, 0.25) is 5.91 Å². The van der Waals surface area contributed by atoms with E-state index >= 15 is 0 Å². The van der Waals surface area contributed by atoms with E-state index in [1.165, 1.54) is 0 Å². The molecule has 3 rings (SSSR count). The number of rotatable bonds is 3. The van der Waals surface area contributed by atoms with Crippen LogP contribution in [0.5, 0.6) is 0 Å². The Kier molecular flexibility index (Phi) is 5.74. The lowest BCUT2D eigenvalue weighted by molar-refractivity contribution is -0.138. The molecule has 0 aromatic heterocycles. The highest BCUT2D eigenvalue weighted by atomic mass is 16.2. The van der Waals surface area contributed by atoms with Crippen LogP contribution in [0.1, 0.15) is 43.0 Å². The summed E-state index contributed by atoms with van der Waals surface area (Å²) in [7, 11) is 0. The van der Waals surface area contributed by atoms with Crippen molar-refractivity contribution in [3.63, 3.8) is 0 Å². The predicted octanol–water partition coefficient (Wildman–Crippen LogP) is 2.12. The number of likely N-dealkylation sites (tertiary alicyclic amines) is 2. The summed E-state index contributed by atoms with van der Waals surface area (Å²) in [5.41, 5.74) is 6.74. The molecule has 25 heavy (non-hydrogen) atoms. The molecular formula is C20H29N3O2. The lowest BCUT2D eigenvalue weighted by Crippen LogP contribution is -2.50. The second-order valence-electron chi connectivity index (χ2n) is 7.50. The van der Waals surface area contributed by atoms with Gasteiger partial charge in [-0.3, -0.25) is 9.59 Å². The minimum Gasteiger partial charge on any atom is -0.342 e. The van der Waals surface area contributed by atoms with Crippen LogP contribution >= 0.6 is 0 Å². The van der Waals surface area contributed by atoms with Crippen molar-refractivity contribution in [1.29, 1.82) is 0 Å². The SMILES string of the molecule is CC(N)C1CCCN(C(=O)C2CCCN(C(=O)c3ccccc3)C2)C1. The molecule has 0 radical (unpaired) electrons. The van der Waals surface area contributed by atoms with Crippen LogP contribution in [0.25, 0.3) is 0 Å². The van der Waals surface area contributed by atoms with Crippen molar-refractivity contribution in [2.45, 2.75) is 38.6 Å². The van der Waals surface area contributed by atoms with Crippen molar-refractivity contribution in [3.8, 4) is 0 Å². The number of benzene rings is 1. The molecule has 2 fully saturated rings. The molecule has 1 aromatic rings. The number of carbonyl (C=O) groups is 2. The van der Waals surface area contributed by atoms with Crippen molar-refractivity contribution >= 4 is 11.8 Å². The second kappa shape index (κ2) is 8.00. The van der Waals surface area contributed by atoms with Gasteiger partial charge in [-0.05, 0) is 50.7 Å². The van der Waals surface area contributed by atoms with E-state index < -0.39 is 0 Å². The van der Waals surface area contributed by atoms with Gasteiger partial charge >= 0.3 is 0 Å². The minimum absolute atomic E-state index is 0.0326. The standard InChI is InChI=1S/C20H29N3O2/c1-15(21)17-9-5-11-22(13-17)20(25)18-10-6-12-23(14-18)19(24)16-7-3-2-4-8-16/h2-4,7-8,15,17-18H,5-6,9-14,21H2,1H3. The number of hydrogen-bond donors (Lipinski definition) is 1. The van der Waals surface area contributed by atoms with E-state index in [1.54, 1.807) is 0 Å². The van der Waals surface area contributed by atoms with Crippen LogP contribution in [0, 0.1) is 11.8 Å². The van der Waals surface area contributed by atoms with Gasteiger partial charge in [0, 0.05) is 37.8 Å². The molecule has 2 aliphatic heterocycles. The summed E-state index contributed by atoms with van der Waals surface area (Å²) in [5.74, 6) is 0.553. The van der Waals surface area contributed by atoms with Crippen molar-refractivity contribution < 1.29 is 9.59 Å². The zero-order valence-corrected chi connectivity index (χ0v) is 15.1. The molecule has 0 bridgehead atoms. The zero-order chi connectivity index (χ0) is 17.8. The monoisotopic (exact) mass is 343 g/mol. The van der Waals surface area contributed by atoms with Crippen LogP contribution < -0.4 is 5.73 Å². The Hall–Kier alpha value is -1.88. The van der Waals surface area contributed by atoms with Gasteiger partial charge < -0.3 is 15.5 Å². The normalized spacial score (nSPS) is 25.5. The van der Waals surface area contributed by atoms with Crippen LogP contribution in [-0.2, 0) is 4.79 Å². The Balaban J connectivity index is 1.63. The first kappa shape index (κ1) is 17.9. The Bertz CT molecular complexity index is 602. The van der Waals surface area contributed by atoms with E-state index in [0.29, 0.717) is 18.0 Å². The lowest BCUT2D eigenvalue weighted by Gasteiger charge is -2.39. The maximum absolute atomic E-state index is 13.0. The number of piperidine rings is 2. The van der Waals surface area contributed by atoms with E-state index in [0.717, 1.165) is 45.3 Å². The van der Waals surface area contributed by atoms with Gasteiger partial charge in [-0.15, -0.1) is 0 Å². The van der Waals surface area contributed by atoms with Gasteiger partial charge in [0.25, 0.3) is 5.91 Å². The molecule has 0 saturated carbocycles. The smallest absolute Gasteiger partial charge is 0.253 e. The average molecular weight is 343 g/mol. The maximum Gasteiger partial charge on any atom is 0.253 e. The summed E-state index contributed by atoms with van der Waals surface area (Å²) in [4.78, 5) is 29.5. The Morgan fingerprint density at radius 1 is 1.04 bits per heavy atom.